The number of allylic oxidation sites excluding steroid dienone is 19. The van der Waals surface area contributed by atoms with Crippen LogP contribution in [0.2, 0.25) is 0 Å². The van der Waals surface area contributed by atoms with Gasteiger partial charge in [-0.15, -0.1) is 0 Å². The van der Waals surface area contributed by atoms with E-state index in [4.69, 9.17) is 14.2 Å². The summed E-state index contributed by atoms with van der Waals surface area (Å²) in [5.41, 5.74) is 0. The maximum absolute atomic E-state index is 12.8. The minimum atomic E-state index is -0.845. The number of unbranched alkanes of at least 4 members (excludes halogenated alkanes) is 12. The van der Waals surface area contributed by atoms with E-state index in [1.807, 2.05) is 6.08 Å². The lowest BCUT2D eigenvalue weighted by molar-refractivity contribution is -0.166. The van der Waals surface area contributed by atoms with E-state index < -0.39 is 12.1 Å². The first-order chi connectivity index (χ1) is 30.5. The Kier molecular flexibility index (Phi) is 46.1. The molecule has 0 rings (SSSR count). The molecule has 0 aromatic rings. The molecular formula is C56H88O6. The standard InChI is InChI=1S/C56H88O6/c1-4-7-10-13-16-19-22-25-28-31-34-37-40-43-46-49-55(58)61-52-53(51-60-54(57)48-45-42-39-36-33-30-27-24-21-18-15-12-9-6-3)62-56(59)50-47-44-41-38-35-32-29-26-23-20-17-14-11-8-5-2/h7-8,10-11,16-17,19-20,24-29,34-35,37-38,43,46,53H,4-6,9,12-15,18,21-23,30-33,36,39-42,44-45,47-52H2,1-3H3/b10-7-,11-8-,19-16-,20-17-,27-24-,28-25-,29-26-,37-34-,38-35-,46-43-. The van der Waals surface area contributed by atoms with Crippen LogP contribution in [0.15, 0.2) is 122 Å². The predicted octanol–water partition coefficient (Wildman–Crippen LogP) is 16.1. The molecule has 6 nitrogen and oxygen atoms in total. The highest BCUT2D eigenvalue weighted by atomic mass is 16.6. The van der Waals surface area contributed by atoms with Crippen molar-refractivity contribution in [3.8, 4) is 0 Å². The van der Waals surface area contributed by atoms with Gasteiger partial charge in [0.15, 0.2) is 6.10 Å². The van der Waals surface area contributed by atoms with Gasteiger partial charge in [0.05, 0.1) is 6.42 Å². The van der Waals surface area contributed by atoms with Gasteiger partial charge in [0.25, 0.3) is 0 Å². The molecule has 0 saturated heterocycles. The lowest BCUT2D eigenvalue weighted by Gasteiger charge is -2.18. The lowest BCUT2D eigenvalue weighted by atomic mass is 10.1. The molecule has 6 heteroatoms. The van der Waals surface area contributed by atoms with Gasteiger partial charge in [0.1, 0.15) is 13.2 Å². The summed E-state index contributed by atoms with van der Waals surface area (Å²) in [6, 6.07) is 0. The molecule has 0 aliphatic carbocycles. The molecule has 62 heavy (non-hydrogen) atoms. The van der Waals surface area contributed by atoms with Crippen molar-refractivity contribution in [1.82, 2.24) is 0 Å². The predicted molar refractivity (Wildman–Crippen MR) is 265 cm³/mol. The summed E-state index contributed by atoms with van der Waals surface area (Å²) in [6.45, 7) is 6.24. The zero-order valence-electron chi connectivity index (χ0n) is 39.6. The third-order valence-corrected chi connectivity index (χ3v) is 9.71. The van der Waals surface area contributed by atoms with E-state index >= 15 is 0 Å². The van der Waals surface area contributed by atoms with Gasteiger partial charge in [-0.1, -0.05) is 187 Å². The van der Waals surface area contributed by atoms with Gasteiger partial charge in [-0.05, 0) is 109 Å². The Morgan fingerprint density at radius 2 is 0.694 bits per heavy atom. The van der Waals surface area contributed by atoms with Crippen LogP contribution in [-0.2, 0) is 28.6 Å². The van der Waals surface area contributed by atoms with Gasteiger partial charge in [0.2, 0.25) is 0 Å². The molecule has 0 aliphatic rings. The molecule has 0 amide bonds. The molecule has 0 aromatic carbocycles. The second kappa shape index (κ2) is 49.5. The van der Waals surface area contributed by atoms with E-state index in [0.717, 1.165) is 103 Å². The molecule has 0 bridgehead atoms. The van der Waals surface area contributed by atoms with E-state index in [1.165, 1.54) is 44.9 Å². The van der Waals surface area contributed by atoms with Crippen molar-refractivity contribution in [2.24, 2.45) is 0 Å². The zero-order chi connectivity index (χ0) is 45.1. The Hall–Kier alpha value is -4.19. The van der Waals surface area contributed by atoms with E-state index in [9.17, 15) is 14.4 Å². The number of rotatable bonds is 42. The van der Waals surface area contributed by atoms with Gasteiger partial charge in [-0.25, -0.2) is 0 Å². The smallest absolute Gasteiger partial charge is 0.309 e. The highest BCUT2D eigenvalue weighted by Crippen LogP contribution is 2.11. The molecule has 0 fully saturated rings. The molecule has 0 aromatic heterocycles. The minimum Gasteiger partial charge on any atom is -0.462 e. The van der Waals surface area contributed by atoms with E-state index in [2.05, 4.69) is 130 Å². The fourth-order valence-electron chi connectivity index (χ4n) is 6.09. The van der Waals surface area contributed by atoms with Gasteiger partial charge >= 0.3 is 17.9 Å². The normalized spacial score (nSPS) is 13.1. The number of hydrogen-bond donors (Lipinski definition) is 0. The van der Waals surface area contributed by atoms with Crippen LogP contribution < -0.4 is 0 Å². The molecule has 0 N–H and O–H groups in total. The summed E-state index contributed by atoms with van der Waals surface area (Å²) in [4.78, 5) is 37.8. The molecule has 0 heterocycles. The maximum atomic E-state index is 12.8. The number of carbonyl (C=O) groups is 3. The third kappa shape index (κ3) is 46.9. The highest BCUT2D eigenvalue weighted by molar-refractivity contribution is 5.72. The van der Waals surface area contributed by atoms with Gasteiger partial charge < -0.3 is 14.2 Å². The van der Waals surface area contributed by atoms with Crippen molar-refractivity contribution in [3.05, 3.63) is 122 Å². The van der Waals surface area contributed by atoms with Crippen molar-refractivity contribution in [2.75, 3.05) is 13.2 Å². The fraction of sp³-hybridized carbons (Fsp3) is 0.589. The fourth-order valence-corrected chi connectivity index (χ4v) is 6.09. The quantitative estimate of drug-likeness (QED) is 0.0263. The Morgan fingerprint density at radius 3 is 1.18 bits per heavy atom. The summed E-state index contributed by atoms with van der Waals surface area (Å²) < 4.78 is 16.6. The zero-order valence-corrected chi connectivity index (χ0v) is 39.6. The first-order valence-corrected chi connectivity index (χ1v) is 24.5. The first kappa shape index (κ1) is 57.8. The maximum Gasteiger partial charge on any atom is 0.309 e. The molecule has 0 spiro atoms. The first-order valence-electron chi connectivity index (χ1n) is 24.5. The van der Waals surface area contributed by atoms with Gasteiger partial charge in [0, 0.05) is 12.8 Å². The average Bonchev–Trinajstić information content (AvgIpc) is 3.27. The SMILES string of the molecule is CC/C=C\C/C=C\C/C=C\C/C=C\C/C=C\CC(=O)OCC(COC(=O)CCCCCCC/C=C\CCCCCCC)OC(=O)CCCC/C=C\C/C=C\C/C=C\C/C=C\CC. The molecule has 1 atom stereocenters. The molecule has 0 saturated carbocycles. The molecule has 348 valence electrons. The van der Waals surface area contributed by atoms with Crippen molar-refractivity contribution in [1.29, 1.82) is 0 Å². The molecule has 0 aliphatic heterocycles. The summed E-state index contributed by atoms with van der Waals surface area (Å²) in [6.07, 6.45) is 67.8. The van der Waals surface area contributed by atoms with Crippen molar-refractivity contribution in [3.63, 3.8) is 0 Å². The summed E-state index contributed by atoms with van der Waals surface area (Å²) in [5, 5.41) is 0. The highest BCUT2D eigenvalue weighted by Gasteiger charge is 2.19. The Balaban J connectivity index is 4.62. The van der Waals surface area contributed by atoms with Crippen molar-refractivity contribution >= 4 is 17.9 Å². The monoisotopic (exact) mass is 857 g/mol. The van der Waals surface area contributed by atoms with Crippen LogP contribution in [-0.4, -0.2) is 37.2 Å². The Morgan fingerprint density at radius 1 is 0.355 bits per heavy atom. The van der Waals surface area contributed by atoms with Crippen LogP contribution in [0.5, 0.6) is 0 Å². The summed E-state index contributed by atoms with van der Waals surface area (Å²) in [5.74, 6) is -1.13. The molecule has 1 unspecified atom stereocenters. The average molecular weight is 857 g/mol. The van der Waals surface area contributed by atoms with E-state index in [0.29, 0.717) is 12.8 Å². The summed E-state index contributed by atoms with van der Waals surface area (Å²) in [7, 11) is 0. The van der Waals surface area contributed by atoms with Crippen molar-refractivity contribution in [2.45, 2.75) is 200 Å². The van der Waals surface area contributed by atoms with Crippen LogP contribution in [0.4, 0.5) is 0 Å². The van der Waals surface area contributed by atoms with Crippen LogP contribution >= 0.6 is 0 Å². The lowest BCUT2D eigenvalue weighted by Crippen LogP contribution is -2.30. The van der Waals surface area contributed by atoms with Crippen molar-refractivity contribution < 1.29 is 28.6 Å². The van der Waals surface area contributed by atoms with Crippen LogP contribution in [0.3, 0.4) is 0 Å². The molecule has 0 radical (unpaired) electrons. The largest absolute Gasteiger partial charge is 0.462 e. The topological polar surface area (TPSA) is 78.9 Å². The summed E-state index contributed by atoms with van der Waals surface area (Å²) >= 11 is 0. The number of carbonyl (C=O) groups excluding carboxylic acids is 3. The van der Waals surface area contributed by atoms with Gasteiger partial charge in [-0.2, -0.15) is 0 Å². The Labute approximate surface area is 380 Å². The second-order valence-electron chi connectivity index (χ2n) is 15.6. The minimum absolute atomic E-state index is 0.112. The van der Waals surface area contributed by atoms with E-state index in [1.54, 1.807) is 6.08 Å². The Bertz CT molecular complexity index is 1350. The number of esters is 3. The third-order valence-electron chi connectivity index (χ3n) is 9.71. The second-order valence-corrected chi connectivity index (χ2v) is 15.6. The molecular weight excluding hydrogens is 769 g/mol. The van der Waals surface area contributed by atoms with Crippen LogP contribution in [0, 0.1) is 0 Å². The van der Waals surface area contributed by atoms with Gasteiger partial charge in [-0.3, -0.25) is 14.4 Å². The number of ether oxygens (including phenoxy) is 3. The number of hydrogen-bond acceptors (Lipinski definition) is 6. The van der Waals surface area contributed by atoms with Crippen LogP contribution in [0.1, 0.15) is 194 Å². The van der Waals surface area contributed by atoms with E-state index in [-0.39, 0.29) is 38.0 Å². The van der Waals surface area contributed by atoms with Crippen LogP contribution in [0.25, 0.3) is 0 Å².